The van der Waals surface area contributed by atoms with Crippen LogP contribution >= 0.6 is 8.25 Å². The molecule has 1 aliphatic carbocycles. The summed E-state index contributed by atoms with van der Waals surface area (Å²) in [5, 5.41) is 0. The second kappa shape index (κ2) is 4.94. The fourth-order valence-electron chi connectivity index (χ4n) is 1.66. The zero-order valence-electron chi connectivity index (χ0n) is 6.48. The molecule has 2 atom stereocenters. The molecule has 1 rings (SSSR count). The van der Waals surface area contributed by atoms with Crippen LogP contribution in [0.5, 0.6) is 0 Å². The van der Waals surface area contributed by atoms with Crippen molar-refractivity contribution in [3.8, 4) is 0 Å². The molecule has 3 heteroatoms. The molecule has 0 heterocycles. The topological polar surface area (TPSA) is 9.23 Å². The van der Waals surface area contributed by atoms with Crippen molar-refractivity contribution >= 4 is 8.25 Å². The number of ether oxygens (including phenoxy) is 1. The molecule has 10 heavy (non-hydrogen) atoms. The number of rotatable bonds is 2. The van der Waals surface area contributed by atoms with E-state index in [1.807, 2.05) is 7.11 Å². The summed E-state index contributed by atoms with van der Waals surface area (Å²) >= 11 is -1.01. The first kappa shape index (κ1) is 9.27. The van der Waals surface area contributed by atoms with Crippen LogP contribution in [0.1, 0.15) is 25.7 Å². The number of halogens is 1. The molecule has 0 N–H and O–H groups in total. The second-order valence-electron chi connectivity index (χ2n) is 2.97. The van der Waals surface area contributed by atoms with Gasteiger partial charge in [-0.15, -0.1) is 0 Å². The Balaban J connectivity index is 2.34. The van der Waals surface area contributed by atoms with Gasteiger partial charge in [0.25, 0.3) is 0 Å². The average Bonchev–Trinajstić information content (AvgIpc) is 2.04. The van der Waals surface area contributed by atoms with E-state index in [0.29, 0.717) is 6.10 Å². The van der Waals surface area contributed by atoms with E-state index < -0.39 is 23.3 Å². The minimum atomic E-state index is -1.01. The van der Waals surface area contributed by atoms with E-state index in [1.165, 1.54) is 25.7 Å². The summed E-state index contributed by atoms with van der Waals surface area (Å²) in [4.78, 5) is 0. The molecule has 0 amide bonds. The van der Waals surface area contributed by atoms with Gasteiger partial charge in [0.15, 0.2) is 0 Å². The molecule has 1 saturated carbocycles. The van der Waals surface area contributed by atoms with Crippen LogP contribution in [0.25, 0.3) is 0 Å². The van der Waals surface area contributed by atoms with Crippen molar-refractivity contribution in [2.24, 2.45) is 0 Å². The van der Waals surface area contributed by atoms with E-state index in [9.17, 15) is 0 Å². The molecule has 0 aliphatic heterocycles. The van der Waals surface area contributed by atoms with Crippen molar-refractivity contribution in [2.45, 2.75) is 35.2 Å². The molecule has 0 saturated heterocycles. The van der Waals surface area contributed by atoms with Crippen LogP contribution in [0, 0.1) is 0 Å². The van der Waals surface area contributed by atoms with Gasteiger partial charge in [0.05, 0.1) is 0 Å². The Labute approximate surface area is 78.3 Å². The Kier molecular flexibility index (Phi) is 4.58. The van der Waals surface area contributed by atoms with Crippen molar-refractivity contribution in [3.63, 3.8) is 0 Å². The van der Waals surface area contributed by atoms with E-state index in [1.54, 1.807) is 0 Å². The van der Waals surface area contributed by atoms with Gasteiger partial charge in [0, 0.05) is 0 Å². The van der Waals surface area contributed by atoms with Gasteiger partial charge in [-0.3, -0.25) is 0 Å². The third kappa shape index (κ3) is 2.35. The molecule has 0 spiro atoms. The van der Waals surface area contributed by atoms with E-state index in [-0.39, 0.29) is 0 Å². The summed E-state index contributed by atoms with van der Waals surface area (Å²) in [6.07, 6.45) is 5.88. The van der Waals surface area contributed by atoms with Crippen molar-refractivity contribution in [1.29, 1.82) is 0 Å². The molecular weight excluding hydrogens is 336 g/mol. The van der Waals surface area contributed by atoms with Crippen LogP contribution in [0.2, 0.25) is 3.43 Å². The number of hydrogen-bond acceptors (Lipinski definition) is 1. The molecule has 0 aromatic carbocycles. The van der Waals surface area contributed by atoms with Crippen molar-refractivity contribution in [3.05, 3.63) is 0 Å². The van der Waals surface area contributed by atoms with Crippen LogP contribution in [-0.4, -0.2) is 13.2 Å². The molecule has 0 unspecified atom stereocenters. The standard InChI is InChI=1S/C7H13O.ClH.Hg/c1-8-7-5-3-2-4-6-7;;/h5,7H,2-4,6H2,1H3;1H;/q;;+1/p-1/t7-;;/m0../s1. The molecule has 0 radical (unpaired) electrons. The monoisotopic (exact) mass is 350 g/mol. The van der Waals surface area contributed by atoms with Gasteiger partial charge in [0.1, 0.15) is 0 Å². The van der Waals surface area contributed by atoms with Crippen molar-refractivity contribution in [2.75, 3.05) is 7.11 Å². The van der Waals surface area contributed by atoms with Gasteiger partial charge in [-0.05, 0) is 0 Å². The number of methoxy groups -OCH3 is 1. The molecular formula is C7H13ClHgO. The van der Waals surface area contributed by atoms with Gasteiger partial charge < -0.3 is 0 Å². The van der Waals surface area contributed by atoms with Crippen LogP contribution in [0.15, 0.2) is 0 Å². The summed E-state index contributed by atoms with van der Waals surface area (Å²) in [5.41, 5.74) is 0. The van der Waals surface area contributed by atoms with E-state index in [4.69, 9.17) is 13.0 Å². The third-order valence-electron chi connectivity index (χ3n) is 2.34. The normalized spacial score (nSPS) is 33.4. The summed E-state index contributed by atoms with van der Waals surface area (Å²) in [7, 11) is 7.82. The fraction of sp³-hybridized carbons (Fsp3) is 1.00. The SMILES string of the molecule is CO[C@@H]1CCCC[C@H]1[Hg][Cl]. The molecule has 1 aliphatic rings. The summed E-state index contributed by atoms with van der Waals surface area (Å²) < 4.78 is 6.20. The van der Waals surface area contributed by atoms with Crippen LogP contribution in [-0.2, 0) is 28.1 Å². The van der Waals surface area contributed by atoms with E-state index in [2.05, 4.69) is 0 Å². The van der Waals surface area contributed by atoms with Gasteiger partial charge in [0.2, 0.25) is 0 Å². The summed E-state index contributed by atoms with van der Waals surface area (Å²) in [6, 6.07) is 0. The first-order chi connectivity index (χ1) is 4.88. The zero-order chi connectivity index (χ0) is 7.40. The Morgan fingerprint density at radius 1 is 1.40 bits per heavy atom. The van der Waals surface area contributed by atoms with Gasteiger partial charge in [-0.25, -0.2) is 0 Å². The first-order valence-electron chi connectivity index (χ1n) is 3.97. The molecule has 56 valence electrons. The van der Waals surface area contributed by atoms with Crippen LogP contribution < -0.4 is 0 Å². The Hall–Kier alpha value is 1.19. The molecule has 0 aromatic rings. The maximum absolute atomic E-state index is 6.00. The van der Waals surface area contributed by atoms with Crippen LogP contribution in [0.3, 0.4) is 0 Å². The Morgan fingerprint density at radius 2 is 2.10 bits per heavy atom. The predicted octanol–water partition coefficient (Wildman–Crippen LogP) is 2.60. The van der Waals surface area contributed by atoms with Gasteiger partial charge >= 0.3 is 78.6 Å². The second-order valence-corrected chi connectivity index (χ2v) is 11.0. The zero-order valence-corrected chi connectivity index (χ0v) is 12.7. The third-order valence-corrected chi connectivity index (χ3v) is 11.0. The van der Waals surface area contributed by atoms with E-state index >= 15 is 0 Å². The van der Waals surface area contributed by atoms with Crippen LogP contribution in [0.4, 0.5) is 0 Å². The summed E-state index contributed by atoms with van der Waals surface area (Å²) in [6.45, 7) is 0. The molecule has 1 fully saturated rings. The first-order valence-corrected chi connectivity index (χ1v) is 13.9. The molecule has 0 bridgehead atoms. The van der Waals surface area contributed by atoms with Gasteiger partial charge in [-0.1, -0.05) is 0 Å². The summed E-state index contributed by atoms with van der Waals surface area (Å²) in [5.74, 6) is 0. The number of hydrogen-bond donors (Lipinski definition) is 0. The quantitative estimate of drug-likeness (QED) is 0.697. The maximum atomic E-state index is 6.00. The minimum absolute atomic E-state index is 0.535. The van der Waals surface area contributed by atoms with Gasteiger partial charge in [-0.2, -0.15) is 0 Å². The fourth-order valence-corrected chi connectivity index (χ4v) is 8.92. The molecule has 1 nitrogen and oxygen atoms in total. The Bertz CT molecular complexity index is 87.6. The van der Waals surface area contributed by atoms with E-state index in [0.717, 1.165) is 3.43 Å². The predicted molar refractivity (Wildman–Crippen MR) is 38.9 cm³/mol. The Morgan fingerprint density at radius 3 is 2.60 bits per heavy atom. The average molecular weight is 349 g/mol. The van der Waals surface area contributed by atoms with Crippen molar-refractivity contribution < 1.29 is 28.1 Å². The van der Waals surface area contributed by atoms with Crippen molar-refractivity contribution in [1.82, 2.24) is 0 Å². The molecule has 0 aromatic heterocycles.